The fraction of sp³-hybridized carbons (Fsp3) is 0.562. The van der Waals surface area contributed by atoms with Crippen LogP contribution in [0.25, 0.3) is 0 Å². The average molecular weight is 313 g/mol. The number of carbonyl (C=O) groups excluding carboxylic acids is 1. The molecule has 0 bridgehead atoms. The van der Waals surface area contributed by atoms with Gasteiger partial charge in [0.05, 0.1) is 0 Å². The van der Waals surface area contributed by atoms with E-state index in [4.69, 9.17) is 4.74 Å². The summed E-state index contributed by atoms with van der Waals surface area (Å²) in [5.41, 5.74) is 2.67. The molecule has 0 radical (unpaired) electrons. The fourth-order valence-electron chi connectivity index (χ4n) is 2.60. The molecule has 1 fully saturated rings. The lowest BCUT2D eigenvalue weighted by Crippen LogP contribution is -2.27. The Bertz CT molecular complexity index is 471. The van der Waals surface area contributed by atoms with Crippen LogP contribution >= 0.6 is 12.4 Å². The minimum absolute atomic E-state index is 0. The smallest absolute Gasteiger partial charge is 0.259 e. The number of halogens is 1. The Morgan fingerprint density at radius 1 is 1.33 bits per heavy atom. The maximum atomic E-state index is 11.5. The van der Waals surface area contributed by atoms with Crippen molar-refractivity contribution >= 4 is 18.3 Å². The summed E-state index contributed by atoms with van der Waals surface area (Å²) in [6, 6.07) is 6.18. The summed E-state index contributed by atoms with van der Waals surface area (Å²) in [4.78, 5) is 13.0. The number of nitrogens with one attached hydrogen (secondary N) is 1. The highest BCUT2D eigenvalue weighted by Gasteiger charge is 2.17. The van der Waals surface area contributed by atoms with Crippen LogP contribution in [-0.2, 0) is 4.79 Å². The first-order chi connectivity index (χ1) is 9.58. The quantitative estimate of drug-likeness (QED) is 0.928. The molecule has 1 heterocycles. The number of hydrogen-bond acceptors (Lipinski definition) is 3. The van der Waals surface area contributed by atoms with Gasteiger partial charge in [-0.1, -0.05) is 6.07 Å². The zero-order chi connectivity index (χ0) is 14.5. The SMILES string of the molecule is Cc1cc(OCC(=O)N(C)C)ccc1C1CCNCC1.Cl. The molecule has 1 aliphatic heterocycles. The Hall–Kier alpha value is -1.26. The molecular formula is C16H25ClN2O2. The van der Waals surface area contributed by atoms with Crippen LogP contribution in [0, 0.1) is 6.92 Å². The van der Waals surface area contributed by atoms with Gasteiger partial charge in [-0.2, -0.15) is 0 Å². The molecule has 2 rings (SSSR count). The molecule has 1 N–H and O–H groups in total. The van der Waals surface area contributed by atoms with Gasteiger partial charge < -0.3 is 15.0 Å². The standard InChI is InChI=1S/C16H24N2O2.ClH/c1-12-10-14(20-11-16(19)18(2)3)4-5-15(12)13-6-8-17-9-7-13;/h4-5,10,13,17H,6-9,11H2,1-3H3;1H. The second-order valence-electron chi connectivity index (χ2n) is 5.62. The van der Waals surface area contributed by atoms with E-state index in [2.05, 4.69) is 18.3 Å². The molecule has 21 heavy (non-hydrogen) atoms. The van der Waals surface area contributed by atoms with Crippen molar-refractivity contribution in [1.82, 2.24) is 10.2 Å². The molecule has 0 aliphatic carbocycles. The number of ether oxygens (including phenoxy) is 1. The van der Waals surface area contributed by atoms with Gasteiger partial charge in [0, 0.05) is 14.1 Å². The third-order valence-electron chi connectivity index (χ3n) is 3.88. The van der Waals surface area contributed by atoms with Gasteiger partial charge in [0.2, 0.25) is 0 Å². The van der Waals surface area contributed by atoms with Gasteiger partial charge in [-0.15, -0.1) is 12.4 Å². The van der Waals surface area contributed by atoms with E-state index < -0.39 is 0 Å². The maximum Gasteiger partial charge on any atom is 0.259 e. The van der Waals surface area contributed by atoms with Crippen molar-refractivity contribution in [2.45, 2.75) is 25.7 Å². The number of piperidine rings is 1. The van der Waals surface area contributed by atoms with Crippen molar-refractivity contribution in [2.24, 2.45) is 0 Å². The van der Waals surface area contributed by atoms with Crippen LogP contribution in [0.1, 0.15) is 29.9 Å². The number of nitrogens with zero attached hydrogens (tertiary/aromatic N) is 1. The molecule has 0 spiro atoms. The molecule has 118 valence electrons. The van der Waals surface area contributed by atoms with Crippen molar-refractivity contribution in [2.75, 3.05) is 33.8 Å². The number of hydrogen-bond donors (Lipinski definition) is 1. The van der Waals surface area contributed by atoms with Crippen molar-refractivity contribution in [3.05, 3.63) is 29.3 Å². The van der Waals surface area contributed by atoms with Gasteiger partial charge in [-0.25, -0.2) is 0 Å². The van der Waals surface area contributed by atoms with Crippen molar-refractivity contribution in [3.63, 3.8) is 0 Å². The summed E-state index contributed by atoms with van der Waals surface area (Å²) >= 11 is 0. The zero-order valence-corrected chi connectivity index (χ0v) is 13.8. The second-order valence-corrected chi connectivity index (χ2v) is 5.62. The summed E-state index contributed by atoms with van der Waals surface area (Å²) in [5, 5.41) is 3.39. The van der Waals surface area contributed by atoms with Crippen LogP contribution in [0.15, 0.2) is 18.2 Å². The van der Waals surface area contributed by atoms with Crippen LogP contribution in [0.3, 0.4) is 0 Å². The fourth-order valence-corrected chi connectivity index (χ4v) is 2.60. The first-order valence-electron chi connectivity index (χ1n) is 7.22. The highest BCUT2D eigenvalue weighted by molar-refractivity contribution is 5.85. The molecular weight excluding hydrogens is 288 g/mol. The van der Waals surface area contributed by atoms with Gasteiger partial charge in [-0.3, -0.25) is 4.79 Å². The maximum absolute atomic E-state index is 11.5. The first-order valence-corrected chi connectivity index (χ1v) is 7.22. The van der Waals surface area contributed by atoms with Crippen LogP contribution in [0.4, 0.5) is 0 Å². The number of amides is 1. The van der Waals surface area contributed by atoms with Gasteiger partial charge in [0.1, 0.15) is 5.75 Å². The molecule has 0 unspecified atom stereocenters. The largest absolute Gasteiger partial charge is 0.484 e. The van der Waals surface area contributed by atoms with Crippen LogP contribution in [0.2, 0.25) is 0 Å². The van der Waals surface area contributed by atoms with Crippen molar-refractivity contribution < 1.29 is 9.53 Å². The van der Waals surface area contributed by atoms with Crippen molar-refractivity contribution in [3.8, 4) is 5.75 Å². The predicted octanol–water partition coefficient (Wildman–Crippen LogP) is 2.35. The highest BCUT2D eigenvalue weighted by Crippen LogP contribution is 2.29. The Morgan fingerprint density at radius 3 is 2.57 bits per heavy atom. The summed E-state index contributed by atoms with van der Waals surface area (Å²) in [5.74, 6) is 1.40. The molecule has 4 nitrogen and oxygen atoms in total. The van der Waals surface area contributed by atoms with Crippen LogP contribution < -0.4 is 10.1 Å². The van der Waals surface area contributed by atoms with Gasteiger partial charge in [-0.05, 0) is 62.0 Å². The van der Waals surface area contributed by atoms with Gasteiger partial charge in [0.25, 0.3) is 5.91 Å². The summed E-state index contributed by atoms with van der Waals surface area (Å²) in [6.45, 7) is 4.41. The average Bonchev–Trinajstić information content (AvgIpc) is 2.45. The van der Waals surface area contributed by atoms with E-state index in [1.807, 2.05) is 12.1 Å². The number of rotatable bonds is 4. The number of aryl methyl sites for hydroxylation is 1. The lowest BCUT2D eigenvalue weighted by Gasteiger charge is -2.24. The molecule has 0 aromatic heterocycles. The second kappa shape index (κ2) is 8.25. The molecule has 1 aliphatic rings. The molecule has 5 heteroatoms. The molecule has 1 aromatic rings. The summed E-state index contributed by atoms with van der Waals surface area (Å²) < 4.78 is 5.55. The minimum atomic E-state index is -0.0231. The van der Waals surface area contributed by atoms with Crippen LogP contribution in [-0.4, -0.2) is 44.6 Å². The van der Waals surface area contributed by atoms with Crippen LogP contribution in [0.5, 0.6) is 5.75 Å². The third kappa shape index (κ3) is 4.90. The monoisotopic (exact) mass is 312 g/mol. The number of benzene rings is 1. The molecule has 0 saturated carbocycles. The molecule has 1 amide bonds. The van der Waals surface area contributed by atoms with Crippen molar-refractivity contribution in [1.29, 1.82) is 0 Å². The Labute approximate surface area is 133 Å². The highest BCUT2D eigenvalue weighted by atomic mass is 35.5. The predicted molar refractivity (Wildman–Crippen MR) is 87.5 cm³/mol. The Morgan fingerprint density at radius 2 is 2.00 bits per heavy atom. The molecule has 1 aromatic carbocycles. The normalized spacial score (nSPS) is 15.2. The summed E-state index contributed by atoms with van der Waals surface area (Å²) in [6.07, 6.45) is 2.39. The van der Waals surface area contributed by atoms with E-state index in [-0.39, 0.29) is 24.9 Å². The third-order valence-corrected chi connectivity index (χ3v) is 3.88. The first kappa shape index (κ1) is 17.8. The van der Waals surface area contributed by atoms with E-state index in [0.29, 0.717) is 5.92 Å². The number of carbonyl (C=O) groups is 1. The number of likely N-dealkylation sites (N-methyl/N-ethyl adjacent to an activating group) is 1. The molecule has 0 atom stereocenters. The minimum Gasteiger partial charge on any atom is -0.484 e. The Kier molecular flexibility index (Phi) is 6.99. The summed E-state index contributed by atoms with van der Waals surface area (Å²) in [7, 11) is 3.47. The van der Waals surface area contributed by atoms with E-state index in [1.165, 1.54) is 28.9 Å². The molecule has 1 saturated heterocycles. The van der Waals surface area contributed by atoms with E-state index >= 15 is 0 Å². The lowest BCUT2D eigenvalue weighted by molar-refractivity contribution is -0.130. The van der Waals surface area contributed by atoms with E-state index in [1.54, 1.807) is 14.1 Å². The Balaban J connectivity index is 0.00000220. The zero-order valence-electron chi connectivity index (χ0n) is 13.0. The van der Waals surface area contributed by atoms with Gasteiger partial charge >= 0.3 is 0 Å². The van der Waals surface area contributed by atoms with E-state index in [0.717, 1.165) is 18.8 Å². The lowest BCUT2D eigenvalue weighted by atomic mass is 9.87. The topological polar surface area (TPSA) is 41.6 Å². The van der Waals surface area contributed by atoms with Gasteiger partial charge in [0.15, 0.2) is 6.61 Å². The van der Waals surface area contributed by atoms with E-state index in [9.17, 15) is 4.79 Å².